The van der Waals surface area contributed by atoms with Crippen LogP contribution in [0.1, 0.15) is 58.9 Å². The van der Waals surface area contributed by atoms with E-state index < -0.39 is 0 Å². The Morgan fingerprint density at radius 2 is 1.96 bits per heavy atom. The average molecular weight is 399 g/mol. The number of carbonyl (C=O) groups excluding carboxylic acids is 1. The summed E-state index contributed by atoms with van der Waals surface area (Å²) in [5.41, 5.74) is 0.812. The normalized spacial score (nSPS) is 11.4. The lowest BCUT2D eigenvalue weighted by Crippen LogP contribution is -2.43. The largest absolute Gasteiger partial charge is 0.483 e. The Kier molecular flexibility index (Phi) is 9.37. The van der Waals surface area contributed by atoms with Crippen molar-refractivity contribution in [2.24, 2.45) is 0 Å². The minimum Gasteiger partial charge on any atom is -0.483 e. The summed E-state index contributed by atoms with van der Waals surface area (Å²) in [5.74, 6) is 0.646. The van der Waals surface area contributed by atoms with Crippen LogP contribution in [0.2, 0.25) is 0 Å². The molecule has 5 heteroatoms. The van der Waals surface area contributed by atoms with E-state index in [2.05, 4.69) is 33.5 Å². The molecule has 1 aromatic carbocycles. The maximum absolute atomic E-state index is 11.9. The Morgan fingerprint density at radius 1 is 1.21 bits per heavy atom. The zero-order valence-electron chi connectivity index (χ0n) is 15.4. The minimum atomic E-state index is -0.247. The molecule has 4 nitrogen and oxygen atoms in total. The lowest BCUT2D eigenvalue weighted by molar-refractivity contribution is -0.124. The molecule has 1 aromatic rings. The predicted octanol–water partition coefficient (Wildman–Crippen LogP) is 4.41. The van der Waals surface area contributed by atoms with Gasteiger partial charge in [0.2, 0.25) is 0 Å². The van der Waals surface area contributed by atoms with Crippen LogP contribution >= 0.6 is 15.9 Å². The zero-order valence-corrected chi connectivity index (χ0v) is 17.0. The first kappa shape index (κ1) is 21.0. The van der Waals surface area contributed by atoms with Gasteiger partial charge in [-0.1, -0.05) is 42.1 Å². The molecule has 0 aliphatic heterocycles. The maximum atomic E-state index is 11.9. The van der Waals surface area contributed by atoms with Gasteiger partial charge in [0.15, 0.2) is 6.61 Å². The molecule has 1 amide bonds. The third-order valence-corrected chi connectivity index (χ3v) is 3.91. The number of ether oxygens (including phenoxy) is 1. The van der Waals surface area contributed by atoms with Crippen LogP contribution in [0.4, 0.5) is 0 Å². The number of unbranched alkanes of at least 4 members (excludes halogenated alkanes) is 3. The fraction of sp³-hybridized carbons (Fsp3) is 0.632. The van der Waals surface area contributed by atoms with Gasteiger partial charge in [-0.3, -0.25) is 4.79 Å². The van der Waals surface area contributed by atoms with Crippen molar-refractivity contribution < 1.29 is 9.53 Å². The van der Waals surface area contributed by atoms with Crippen molar-refractivity contribution in [1.29, 1.82) is 0 Å². The fourth-order valence-corrected chi connectivity index (χ4v) is 2.73. The van der Waals surface area contributed by atoms with Gasteiger partial charge in [0, 0.05) is 22.1 Å². The van der Waals surface area contributed by atoms with E-state index in [0.29, 0.717) is 0 Å². The van der Waals surface area contributed by atoms with Gasteiger partial charge in [0.05, 0.1) is 0 Å². The van der Waals surface area contributed by atoms with Crippen molar-refractivity contribution in [2.75, 3.05) is 13.2 Å². The Labute approximate surface area is 154 Å². The summed E-state index contributed by atoms with van der Waals surface area (Å²) in [7, 11) is 0. The van der Waals surface area contributed by atoms with E-state index in [-0.39, 0.29) is 18.1 Å². The molecule has 0 spiro atoms. The van der Waals surface area contributed by atoms with Crippen LogP contribution in [-0.2, 0) is 11.3 Å². The first-order chi connectivity index (χ1) is 11.3. The number of rotatable bonds is 10. The quantitative estimate of drug-likeness (QED) is 0.573. The molecule has 0 heterocycles. The Bertz CT molecular complexity index is 513. The number of benzene rings is 1. The summed E-state index contributed by atoms with van der Waals surface area (Å²) >= 11 is 3.50. The highest BCUT2D eigenvalue weighted by Gasteiger charge is 2.14. The third kappa shape index (κ3) is 9.28. The minimum absolute atomic E-state index is 0.0302. The van der Waals surface area contributed by atoms with Crippen molar-refractivity contribution in [3.63, 3.8) is 0 Å². The Hall–Kier alpha value is -1.07. The Morgan fingerprint density at radius 3 is 2.62 bits per heavy atom. The standard InChI is InChI=1S/C19H31BrN2O2/c1-5-6-7-8-11-21-13-15-12-16(20)9-10-17(15)24-14-18(23)22-19(2,3)4/h9-10,12,21H,5-8,11,13-14H2,1-4H3,(H,22,23). The number of nitrogens with one attached hydrogen (secondary N) is 2. The van der Waals surface area contributed by atoms with Crippen molar-refractivity contribution in [3.8, 4) is 5.75 Å². The van der Waals surface area contributed by atoms with E-state index in [1.807, 2.05) is 39.0 Å². The first-order valence-corrected chi connectivity index (χ1v) is 9.54. The van der Waals surface area contributed by atoms with Crippen molar-refractivity contribution in [1.82, 2.24) is 10.6 Å². The zero-order chi connectivity index (χ0) is 18.0. The first-order valence-electron chi connectivity index (χ1n) is 8.75. The molecule has 0 saturated carbocycles. The molecule has 0 atom stereocenters. The van der Waals surface area contributed by atoms with Gasteiger partial charge < -0.3 is 15.4 Å². The third-order valence-electron chi connectivity index (χ3n) is 3.42. The Balaban J connectivity index is 2.50. The van der Waals surface area contributed by atoms with Gasteiger partial charge in [0.1, 0.15) is 5.75 Å². The molecule has 0 fully saturated rings. The van der Waals surface area contributed by atoms with Crippen LogP contribution in [-0.4, -0.2) is 24.6 Å². The highest BCUT2D eigenvalue weighted by molar-refractivity contribution is 9.10. The van der Waals surface area contributed by atoms with Gasteiger partial charge >= 0.3 is 0 Å². The van der Waals surface area contributed by atoms with Gasteiger partial charge in [-0.25, -0.2) is 0 Å². The molecule has 0 saturated heterocycles. The topological polar surface area (TPSA) is 50.4 Å². The van der Waals surface area contributed by atoms with Crippen LogP contribution in [0.5, 0.6) is 5.75 Å². The molecule has 136 valence electrons. The van der Waals surface area contributed by atoms with Crippen LogP contribution in [0.15, 0.2) is 22.7 Å². The van der Waals surface area contributed by atoms with E-state index in [1.54, 1.807) is 0 Å². The second-order valence-electron chi connectivity index (χ2n) is 7.08. The summed E-state index contributed by atoms with van der Waals surface area (Å²) in [6.07, 6.45) is 4.99. The lowest BCUT2D eigenvalue weighted by Gasteiger charge is -2.21. The predicted molar refractivity (Wildman–Crippen MR) is 103 cm³/mol. The highest BCUT2D eigenvalue weighted by atomic mass is 79.9. The molecular formula is C19H31BrN2O2. The number of halogens is 1. The average Bonchev–Trinajstić information content (AvgIpc) is 2.48. The van der Waals surface area contributed by atoms with Crippen LogP contribution in [0, 0.1) is 0 Å². The number of hydrogen-bond acceptors (Lipinski definition) is 3. The smallest absolute Gasteiger partial charge is 0.258 e. The number of carbonyl (C=O) groups is 1. The summed E-state index contributed by atoms with van der Waals surface area (Å²) in [4.78, 5) is 11.9. The van der Waals surface area contributed by atoms with E-state index >= 15 is 0 Å². The van der Waals surface area contributed by atoms with Crippen molar-refractivity contribution in [3.05, 3.63) is 28.2 Å². The molecule has 0 aromatic heterocycles. The van der Waals surface area contributed by atoms with Crippen LogP contribution < -0.4 is 15.4 Å². The summed E-state index contributed by atoms with van der Waals surface area (Å²) in [6, 6.07) is 5.88. The van der Waals surface area contributed by atoms with Gasteiger partial charge in [-0.2, -0.15) is 0 Å². The summed E-state index contributed by atoms with van der Waals surface area (Å²) in [6.45, 7) is 9.85. The number of hydrogen-bond donors (Lipinski definition) is 2. The molecule has 2 N–H and O–H groups in total. The van der Waals surface area contributed by atoms with Crippen LogP contribution in [0.3, 0.4) is 0 Å². The molecule has 0 aliphatic carbocycles. The SMILES string of the molecule is CCCCCCNCc1cc(Br)ccc1OCC(=O)NC(C)(C)C. The van der Waals surface area contributed by atoms with Crippen molar-refractivity contribution in [2.45, 2.75) is 65.5 Å². The molecule has 1 rings (SSSR count). The monoisotopic (exact) mass is 398 g/mol. The van der Waals surface area contributed by atoms with Gasteiger partial charge in [-0.15, -0.1) is 0 Å². The molecule has 0 bridgehead atoms. The van der Waals surface area contributed by atoms with Crippen molar-refractivity contribution >= 4 is 21.8 Å². The van der Waals surface area contributed by atoms with Gasteiger partial charge in [0.25, 0.3) is 5.91 Å². The van der Waals surface area contributed by atoms with E-state index in [1.165, 1.54) is 25.7 Å². The molecule has 0 radical (unpaired) electrons. The lowest BCUT2D eigenvalue weighted by atomic mass is 10.1. The second-order valence-corrected chi connectivity index (χ2v) is 7.99. The fourth-order valence-electron chi connectivity index (χ4n) is 2.32. The van der Waals surface area contributed by atoms with E-state index in [0.717, 1.165) is 28.9 Å². The molecule has 24 heavy (non-hydrogen) atoms. The molecule has 0 aliphatic rings. The second kappa shape index (κ2) is 10.7. The maximum Gasteiger partial charge on any atom is 0.258 e. The van der Waals surface area contributed by atoms with Gasteiger partial charge in [-0.05, 0) is 51.9 Å². The number of amides is 1. The molecular weight excluding hydrogens is 368 g/mol. The summed E-state index contributed by atoms with van der Waals surface area (Å²) < 4.78 is 6.73. The van der Waals surface area contributed by atoms with E-state index in [9.17, 15) is 4.79 Å². The highest BCUT2D eigenvalue weighted by Crippen LogP contribution is 2.23. The summed E-state index contributed by atoms with van der Waals surface area (Å²) in [5, 5.41) is 6.36. The van der Waals surface area contributed by atoms with E-state index in [4.69, 9.17) is 4.74 Å². The molecule has 0 unspecified atom stereocenters. The van der Waals surface area contributed by atoms with Crippen LogP contribution in [0.25, 0.3) is 0 Å².